The Morgan fingerprint density at radius 3 is 2.72 bits per heavy atom. The van der Waals surface area contributed by atoms with Crippen LogP contribution >= 0.6 is 0 Å². The normalized spacial score (nSPS) is 16.6. The van der Waals surface area contributed by atoms with Gasteiger partial charge in [0, 0.05) is 12.6 Å². The molecule has 0 saturated carbocycles. The molecule has 1 unspecified atom stereocenters. The number of aryl methyl sites for hydroxylation is 1. The van der Waals surface area contributed by atoms with E-state index in [0.29, 0.717) is 24.5 Å². The van der Waals surface area contributed by atoms with Crippen LogP contribution in [0.2, 0.25) is 0 Å². The third-order valence-corrected chi connectivity index (χ3v) is 5.19. The molecule has 1 aliphatic heterocycles. The van der Waals surface area contributed by atoms with Crippen molar-refractivity contribution in [2.24, 2.45) is 0 Å². The predicted molar refractivity (Wildman–Crippen MR) is 112 cm³/mol. The number of carbonyl (C=O) groups is 2. The lowest BCUT2D eigenvalue weighted by molar-refractivity contribution is -0.119. The minimum Gasteiger partial charge on any atom is -0.360 e. The summed E-state index contributed by atoms with van der Waals surface area (Å²) >= 11 is 0. The van der Waals surface area contributed by atoms with Crippen LogP contribution in [-0.2, 0) is 10.3 Å². The SMILES string of the molecule is C=C(C)c1cccc(C(C)(C)NC(=O)N2CCCC2C(=O)Nc2cc(C)on2)c1. The van der Waals surface area contributed by atoms with Crippen LogP contribution in [0, 0.1) is 6.92 Å². The molecule has 1 aliphatic rings. The maximum absolute atomic E-state index is 13.0. The molecule has 0 aliphatic carbocycles. The van der Waals surface area contributed by atoms with Crippen molar-refractivity contribution in [2.45, 2.75) is 52.1 Å². The summed E-state index contributed by atoms with van der Waals surface area (Å²) in [4.78, 5) is 27.3. The van der Waals surface area contributed by atoms with Crippen molar-refractivity contribution in [3.05, 3.63) is 53.8 Å². The topological polar surface area (TPSA) is 87.5 Å². The molecule has 7 nitrogen and oxygen atoms in total. The molecule has 2 aromatic rings. The van der Waals surface area contributed by atoms with Gasteiger partial charge in [-0.05, 0) is 57.7 Å². The van der Waals surface area contributed by atoms with Crippen molar-refractivity contribution in [2.75, 3.05) is 11.9 Å². The first-order valence-electron chi connectivity index (χ1n) is 9.77. The van der Waals surface area contributed by atoms with Gasteiger partial charge in [-0.15, -0.1) is 0 Å². The summed E-state index contributed by atoms with van der Waals surface area (Å²) in [5, 5.41) is 9.59. The fraction of sp³-hybridized carbons (Fsp3) is 0.409. The van der Waals surface area contributed by atoms with E-state index in [0.717, 1.165) is 23.1 Å². The van der Waals surface area contributed by atoms with Crippen molar-refractivity contribution in [1.29, 1.82) is 0 Å². The van der Waals surface area contributed by atoms with Gasteiger partial charge in [-0.25, -0.2) is 4.79 Å². The van der Waals surface area contributed by atoms with Crippen LogP contribution in [0.4, 0.5) is 10.6 Å². The largest absolute Gasteiger partial charge is 0.360 e. The lowest BCUT2D eigenvalue weighted by Gasteiger charge is -2.32. The van der Waals surface area contributed by atoms with Crippen LogP contribution in [-0.4, -0.2) is 34.6 Å². The minimum atomic E-state index is -0.602. The minimum absolute atomic E-state index is 0.256. The third-order valence-electron chi connectivity index (χ3n) is 5.19. The summed E-state index contributed by atoms with van der Waals surface area (Å²) in [6, 6.07) is 8.82. The molecule has 0 spiro atoms. The number of aromatic nitrogens is 1. The van der Waals surface area contributed by atoms with Gasteiger partial charge in [-0.1, -0.05) is 35.5 Å². The maximum Gasteiger partial charge on any atom is 0.318 e. The molecule has 0 radical (unpaired) electrons. The highest BCUT2D eigenvalue weighted by Gasteiger charge is 2.36. The molecule has 154 valence electrons. The van der Waals surface area contributed by atoms with Crippen molar-refractivity contribution in [3.63, 3.8) is 0 Å². The summed E-state index contributed by atoms with van der Waals surface area (Å²) in [6.45, 7) is 12.1. The van der Waals surface area contributed by atoms with Crippen LogP contribution in [0.25, 0.3) is 5.57 Å². The van der Waals surface area contributed by atoms with Gasteiger partial charge in [-0.3, -0.25) is 4.79 Å². The highest BCUT2D eigenvalue weighted by molar-refractivity contribution is 5.96. The third kappa shape index (κ3) is 4.67. The predicted octanol–water partition coefficient (Wildman–Crippen LogP) is 4.06. The molecule has 0 bridgehead atoms. The number of likely N-dealkylation sites (tertiary alicyclic amines) is 1. The van der Waals surface area contributed by atoms with E-state index in [1.54, 1.807) is 17.9 Å². The number of allylic oxidation sites excluding steroid dienone is 1. The molecule has 3 rings (SSSR count). The summed E-state index contributed by atoms with van der Waals surface area (Å²) < 4.78 is 4.98. The van der Waals surface area contributed by atoms with Gasteiger partial charge in [0.15, 0.2) is 5.82 Å². The van der Waals surface area contributed by atoms with Crippen LogP contribution in [0.5, 0.6) is 0 Å². The standard InChI is InChI=1S/C22H28N4O3/c1-14(2)16-8-6-9-17(13-16)22(4,5)24-21(28)26-11-7-10-18(26)20(27)23-19-12-15(3)29-25-19/h6,8-9,12-13,18H,1,7,10-11H2,2-5H3,(H,24,28)(H,23,25,27). The number of anilines is 1. The second-order valence-electron chi connectivity index (χ2n) is 8.08. The number of nitrogens with one attached hydrogen (secondary N) is 2. The maximum atomic E-state index is 13.0. The van der Waals surface area contributed by atoms with Crippen molar-refractivity contribution in [1.82, 2.24) is 15.4 Å². The van der Waals surface area contributed by atoms with Crippen LogP contribution in [0.1, 0.15) is 50.5 Å². The van der Waals surface area contributed by atoms with E-state index < -0.39 is 11.6 Å². The second kappa shape index (κ2) is 8.11. The first kappa shape index (κ1) is 20.6. The number of rotatable bonds is 5. The first-order valence-corrected chi connectivity index (χ1v) is 9.77. The van der Waals surface area contributed by atoms with E-state index in [2.05, 4.69) is 22.4 Å². The smallest absolute Gasteiger partial charge is 0.318 e. The van der Waals surface area contributed by atoms with E-state index >= 15 is 0 Å². The number of nitrogens with zero attached hydrogens (tertiary/aromatic N) is 2. The Bertz CT molecular complexity index is 932. The van der Waals surface area contributed by atoms with Gasteiger partial charge in [-0.2, -0.15) is 0 Å². The molecule has 2 N–H and O–H groups in total. The monoisotopic (exact) mass is 396 g/mol. The Labute approximate surface area is 171 Å². The summed E-state index contributed by atoms with van der Waals surface area (Å²) in [5.41, 5.74) is 2.37. The summed E-state index contributed by atoms with van der Waals surface area (Å²) in [6.07, 6.45) is 1.39. The van der Waals surface area contributed by atoms with Gasteiger partial charge < -0.3 is 20.1 Å². The molecular formula is C22H28N4O3. The van der Waals surface area contributed by atoms with E-state index in [4.69, 9.17) is 4.52 Å². The Hall–Kier alpha value is -3.09. The molecule has 29 heavy (non-hydrogen) atoms. The quantitative estimate of drug-likeness (QED) is 0.798. The average molecular weight is 396 g/mol. The molecule has 1 saturated heterocycles. The van der Waals surface area contributed by atoms with Crippen LogP contribution in [0.15, 0.2) is 41.4 Å². The number of hydrogen-bond donors (Lipinski definition) is 2. The number of amides is 3. The Balaban J connectivity index is 1.70. The van der Waals surface area contributed by atoms with Gasteiger partial charge in [0.1, 0.15) is 11.8 Å². The lowest BCUT2D eigenvalue weighted by atomic mass is 9.92. The Morgan fingerprint density at radius 2 is 2.07 bits per heavy atom. The van der Waals surface area contributed by atoms with Crippen molar-refractivity contribution < 1.29 is 14.1 Å². The Kier molecular flexibility index (Phi) is 5.77. The fourth-order valence-corrected chi connectivity index (χ4v) is 3.50. The van der Waals surface area contributed by atoms with Crippen molar-refractivity contribution in [3.8, 4) is 0 Å². The van der Waals surface area contributed by atoms with Gasteiger partial charge >= 0.3 is 6.03 Å². The zero-order valence-electron chi connectivity index (χ0n) is 17.4. The highest BCUT2D eigenvalue weighted by atomic mass is 16.5. The van der Waals surface area contributed by atoms with E-state index in [1.807, 2.05) is 45.0 Å². The highest BCUT2D eigenvalue weighted by Crippen LogP contribution is 2.26. The average Bonchev–Trinajstić information content (AvgIpc) is 3.30. The molecule has 1 aromatic carbocycles. The fourth-order valence-electron chi connectivity index (χ4n) is 3.50. The van der Waals surface area contributed by atoms with Crippen LogP contribution < -0.4 is 10.6 Å². The number of benzene rings is 1. The lowest BCUT2D eigenvalue weighted by Crippen LogP contribution is -2.52. The summed E-state index contributed by atoms with van der Waals surface area (Å²) in [5.74, 6) is 0.713. The summed E-state index contributed by atoms with van der Waals surface area (Å²) in [7, 11) is 0. The van der Waals surface area contributed by atoms with Crippen molar-refractivity contribution >= 4 is 23.3 Å². The molecular weight excluding hydrogens is 368 g/mol. The first-order chi connectivity index (χ1) is 13.7. The molecule has 2 heterocycles. The van der Waals surface area contributed by atoms with E-state index in [9.17, 15) is 9.59 Å². The zero-order chi connectivity index (χ0) is 21.2. The van der Waals surface area contributed by atoms with Gasteiger partial charge in [0.25, 0.3) is 0 Å². The zero-order valence-corrected chi connectivity index (χ0v) is 17.4. The Morgan fingerprint density at radius 1 is 1.31 bits per heavy atom. The molecule has 7 heteroatoms. The number of hydrogen-bond acceptors (Lipinski definition) is 4. The van der Waals surface area contributed by atoms with Crippen LogP contribution in [0.3, 0.4) is 0 Å². The van der Waals surface area contributed by atoms with E-state index in [-0.39, 0.29) is 11.9 Å². The van der Waals surface area contributed by atoms with Gasteiger partial charge in [0.2, 0.25) is 5.91 Å². The molecule has 1 fully saturated rings. The molecule has 1 aromatic heterocycles. The number of urea groups is 1. The molecule has 3 amide bonds. The number of carbonyl (C=O) groups excluding carboxylic acids is 2. The molecule has 1 atom stereocenters. The van der Waals surface area contributed by atoms with E-state index in [1.165, 1.54) is 0 Å². The second-order valence-corrected chi connectivity index (χ2v) is 8.08. The van der Waals surface area contributed by atoms with Gasteiger partial charge in [0.05, 0.1) is 5.54 Å².